The molecule has 0 aromatic rings. The van der Waals surface area contributed by atoms with Gasteiger partial charge in [0.1, 0.15) is 0 Å². The van der Waals surface area contributed by atoms with Gasteiger partial charge in [-0.1, -0.05) is 64.7 Å². The second-order valence-electron chi connectivity index (χ2n) is 5.62. The maximum Gasteiger partial charge on any atom is 0.308 e. The number of hydrogen-bond acceptors (Lipinski definition) is 2. The molecule has 0 N–H and O–H groups in total. The molecule has 0 bridgehead atoms. The highest BCUT2D eigenvalue weighted by molar-refractivity contribution is 5.72. The van der Waals surface area contributed by atoms with Crippen LogP contribution in [0.15, 0.2) is 0 Å². The largest absolute Gasteiger partial charge is 0.465 e. The van der Waals surface area contributed by atoms with E-state index in [9.17, 15) is 4.79 Å². The van der Waals surface area contributed by atoms with E-state index in [0.717, 1.165) is 19.3 Å². The molecule has 1 heterocycles. The highest BCUT2D eigenvalue weighted by Gasteiger charge is 2.22. The number of hydrogen-bond donors (Lipinski definition) is 0. The van der Waals surface area contributed by atoms with Crippen molar-refractivity contribution in [2.45, 2.75) is 84.0 Å². The van der Waals surface area contributed by atoms with Crippen LogP contribution < -0.4 is 0 Å². The Morgan fingerprint density at radius 2 is 1.61 bits per heavy atom. The van der Waals surface area contributed by atoms with E-state index in [-0.39, 0.29) is 11.9 Å². The Morgan fingerprint density at radius 1 is 1.00 bits per heavy atom. The number of cyclic esters (lactones) is 1. The lowest BCUT2D eigenvalue weighted by atomic mass is 9.94. The molecular weight excluding hydrogens is 224 g/mol. The van der Waals surface area contributed by atoms with Crippen LogP contribution in [0.5, 0.6) is 0 Å². The van der Waals surface area contributed by atoms with E-state index in [2.05, 4.69) is 6.92 Å². The number of ether oxygens (including phenoxy) is 1. The average Bonchev–Trinajstić information content (AvgIpc) is 2.39. The maximum absolute atomic E-state index is 11.4. The molecule has 1 atom stereocenters. The summed E-state index contributed by atoms with van der Waals surface area (Å²) in [7, 11) is 0. The van der Waals surface area contributed by atoms with Crippen LogP contribution in [0.4, 0.5) is 0 Å². The number of carbonyl (C=O) groups is 1. The van der Waals surface area contributed by atoms with E-state index in [0.29, 0.717) is 6.61 Å². The van der Waals surface area contributed by atoms with Crippen molar-refractivity contribution in [1.82, 2.24) is 0 Å². The van der Waals surface area contributed by atoms with Gasteiger partial charge in [0.2, 0.25) is 0 Å². The van der Waals surface area contributed by atoms with Crippen molar-refractivity contribution in [3.05, 3.63) is 0 Å². The fourth-order valence-electron chi connectivity index (χ4n) is 2.70. The summed E-state index contributed by atoms with van der Waals surface area (Å²) in [6.07, 6.45) is 15.3. The Balaban J connectivity index is 1.84. The van der Waals surface area contributed by atoms with Crippen molar-refractivity contribution >= 4 is 5.97 Å². The van der Waals surface area contributed by atoms with Gasteiger partial charge in [0.05, 0.1) is 12.5 Å². The second kappa shape index (κ2) is 10.4. The fraction of sp³-hybridized carbons (Fsp3) is 0.938. The normalized spacial score (nSPS) is 19.8. The lowest BCUT2D eigenvalue weighted by Crippen LogP contribution is -2.23. The molecule has 1 aliphatic rings. The molecule has 0 unspecified atom stereocenters. The van der Waals surface area contributed by atoms with Gasteiger partial charge < -0.3 is 4.74 Å². The summed E-state index contributed by atoms with van der Waals surface area (Å²) >= 11 is 0. The second-order valence-corrected chi connectivity index (χ2v) is 5.62. The van der Waals surface area contributed by atoms with E-state index in [4.69, 9.17) is 4.74 Å². The first-order valence-electron chi connectivity index (χ1n) is 8.01. The van der Waals surface area contributed by atoms with Crippen molar-refractivity contribution in [2.75, 3.05) is 6.61 Å². The summed E-state index contributed by atoms with van der Waals surface area (Å²) in [4.78, 5) is 11.4. The van der Waals surface area contributed by atoms with Crippen LogP contribution >= 0.6 is 0 Å². The van der Waals surface area contributed by atoms with Crippen molar-refractivity contribution in [3.63, 3.8) is 0 Å². The first kappa shape index (κ1) is 15.5. The van der Waals surface area contributed by atoms with E-state index < -0.39 is 0 Å². The Hall–Kier alpha value is -0.530. The van der Waals surface area contributed by atoms with Gasteiger partial charge in [-0.25, -0.2) is 0 Å². The Morgan fingerprint density at radius 3 is 2.22 bits per heavy atom. The van der Waals surface area contributed by atoms with Gasteiger partial charge >= 0.3 is 5.97 Å². The van der Waals surface area contributed by atoms with E-state index in [1.54, 1.807) is 0 Å². The third-order valence-electron chi connectivity index (χ3n) is 3.93. The molecule has 18 heavy (non-hydrogen) atoms. The van der Waals surface area contributed by atoms with Crippen molar-refractivity contribution in [2.24, 2.45) is 5.92 Å². The van der Waals surface area contributed by atoms with E-state index >= 15 is 0 Å². The third kappa shape index (κ3) is 7.03. The lowest BCUT2D eigenvalue weighted by Gasteiger charge is -2.20. The molecule has 0 amide bonds. The minimum atomic E-state index is 0.0563. The zero-order valence-electron chi connectivity index (χ0n) is 12.1. The number of carbonyl (C=O) groups excluding carboxylic acids is 1. The Bertz CT molecular complexity index is 213. The zero-order valence-corrected chi connectivity index (χ0v) is 12.1. The highest BCUT2D eigenvalue weighted by atomic mass is 16.5. The molecule has 2 heteroatoms. The van der Waals surface area contributed by atoms with Crippen molar-refractivity contribution in [1.29, 1.82) is 0 Å². The van der Waals surface area contributed by atoms with Crippen LogP contribution in [-0.2, 0) is 9.53 Å². The summed E-state index contributed by atoms with van der Waals surface area (Å²) in [5.41, 5.74) is 0. The van der Waals surface area contributed by atoms with Gasteiger partial charge in [-0.3, -0.25) is 4.79 Å². The minimum Gasteiger partial charge on any atom is -0.465 e. The molecule has 1 aliphatic heterocycles. The molecule has 1 fully saturated rings. The molecule has 0 radical (unpaired) electrons. The number of unbranched alkanes of at least 4 members (excludes halogenated alkanes) is 8. The van der Waals surface area contributed by atoms with Crippen LogP contribution in [0.25, 0.3) is 0 Å². The molecule has 1 rings (SSSR count). The van der Waals surface area contributed by atoms with Crippen LogP contribution in [0, 0.1) is 5.92 Å². The van der Waals surface area contributed by atoms with Gasteiger partial charge in [0.25, 0.3) is 0 Å². The highest BCUT2D eigenvalue weighted by Crippen LogP contribution is 2.21. The first-order valence-corrected chi connectivity index (χ1v) is 8.01. The summed E-state index contributed by atoms with van der Waals surface area (Å²) < 4.78 is 5.08. The summed E-state index contributed by atoms with van der Waals surface area (Å²) in [6.45, 7) is 2.91. The fourth-order valence-corrected chi connectivity index (χ4v) is 2.70. The predicted octanol–water partition coefficient (Wildman–Crippen LogP) is 4.86. The number of rotatable bonds is 10. The van der Waals surface area contributed by atoms with Gasteiger partial charge in [-0.2, -0.15) is 0 Å². The van der Waals surface area contributed by atoms with E-state index in [1.165, 1.54) is 57.8 Å². The Labute approximate surface area is 112 Å². The van der Waals surface area contributed by atoms with Crippen LogP contribution in [0.2, 0.25) is 0 Å². The first-order chi connectivity index (χ1) is 8.84. The molecule has 2 nitrogen and oxygen atoms in total. The topological polar surface area (TPSA) is 26.3 Å². The molecule has 0 aromatic carbocycles. The molecule has 1 saturated heterocycles. The molecule has 0 aliphatic carbocycles. The van der Waals surface area contributed by atoms with Crippen LogP contribution in [0.3, 0.4) is 0 Å². The van der Waals surface area contributed by atoms with E-state index in [1.807, 2.05) is 0 Å². The smallest absolute Gasteiger partial charge is 0.308 e. The monoisotopic (exact) mass is 254 g/mol. The summed E-state index contributed by atoms with van der Waals surface area (Å²) in [5.74, 6) is 0.268. The maximum atomic E-state index is 11.4. The molecule has 106 valence electrons. The SMILES string of the molecule is CCCCCCCCCCC[C@@H]1CCCOC1=O. The van der Waals surface area contributed by atoms with Gasteiger partial charge in [-0.15, -0.1) is 0 Å². The van der Waals surface area contributed by atoms with Gasteiger partial charge in [-0.05, 0) is 19.3 Å². The Kier molecular flexibility index (Phi) is 8.97. The quantitative estimate of drug-likeness (QED) is 0.411. The summed E-state index contributed by atoms with van der Waals surface area (Å²) in [6, 6.07) is 0. The van der Waals surface area contributed by atoms with Crippen molar-refractivity contribution in [3.8, 4) is 0 Å². The summed E-state index contributed by atoms with van der Waals surface area (Å²) in [5, 5.41) is 0. The predicted molar refractivity (Wildman–Crippen MR) is 75.5 cm³/mol. The van der Waals surface area contributed by atoms with Gasteiger partial charge in [0, 0.05) is 0 Å². The minimum absolute atomic E-state index is 0.0563. The molecule has 0 aromatic heterocycles. The third-order valence-corrected chi connectivity index (χ3v) is 3.93. The van der Waals surface area contributed by atoms with Gasteiger partial charge in [0.15, 0.2) is 0 Å². The zero-order chi connectivity index (χ0) is 13.1. The van der Waals surface area contributed by atoms with Crippen LogP contribution in [0.1, 0.15) is 84.0 Å². The number of esters is 1. The lowest BCUT2D eigenvalue weighted by molar-refractivity contribution is -0.153. The van der Waals surface area contributed by atoms with Crippen LogP contribution in [-0.4, -0.2) is 12.6 Å². The standard InChI is InChI=1S/C16H30O2/c1-2-3-4-5-6-7-8-9-10-12-15-13-11-14-18-16(15)17/h15H,2-14H2,1H3/t15-/m1/s1. The molecule has 0 spiro atoms. The molecular formula is C16H30O2. The van der Waals surface area contributed by atoms with Crippen molar-refractivity contribution < 1.29 is 9.53 Å². The molecule has 0 saturated carbocycles. The average molecular weight is 254 g/mol.